The fraction of sp³-hybridized carbons (Fsp3) is 0. The molecule has 0 N–H and O–H groups in total. The number of nitrogens with zero attached hydrogens (tertiary/aromatic N) is 1. The molecule has 0 unspecified atom stereocenters. The van der Waals surface area contributed by atoms with Gasteiger partial charge in [-0.2, -0.15) is 0 Å². The Morgan fingerprint density at radius 1 is 1.06 bits per heavy atom. The molecule has 17 heavy (non-hydrogen) atoms. The Hall–Kier alpha value is -2.00. The van der Waals surface area contributed by atoms with E-state index in [1.807, 2.05) is 29.6 Å². The zero-order chi connectivity index (χ0) is 11.7. The van der Waals surface area contributed by atoms with Gasteiger partial charge in [-0.15, -0.1) is 11.3 Å². The maximum atomic E-state index is 12.3. The van der Waals surface area contributed by atoms with E-state index >= 15 is 0 Å². The highest BCUT2D eigenvalue weighted by molar-refractivity contribution is 7.17. The first kappa shape index (κ1) is 10.2. The molecule has 3 aromatic rings. The second kappa shape index (κ2) is 4.11. The van der Waals surface area contributed by atoms with E-state index < -0.39 is 0 Å². The molecular weight excluding hydrogens is 230 g/mol. The quantitative estimate of drug-likeness (QED) is 0.640. The average Bonchev–Trinajstić information content (AvgIpc) is 2.83. The van der Waals surface area contributed by atoms with Gasteiger partial charge in [0.05, 0.1) is 0 Å². The Kier molecular flexibility index (Phi) is 2.46. The predicted molar refractivity (Wildman–Crippen MR) is 69.5 cm³/mol. The van der Waals surface area contributed by atoms with Crippen molar-refractivity contribution in [3.63, 3.8) is 0 Å². The highest BCUT2D eigenvalue weighted by Crippen LogP contribution is 2.27. The van der Waals surface area contributed by atoms with E-state index in [0.717, 1.165) is 15.6 Å². The first-order valence-electron chi connectivity index (χ1n) is 5.27. The third kappa shape index (κ3) is 1.74. The summed E-state index contributed by atoms with van der Waals surface area (Å²) < 4.78 is 1.14. The Labute approximate surface area is 103 Å². The average molecular weight is 239 g/mol. The van der Waals surface area contributed by atoms with E-state index in [0.29, 0.717) is 5.56 Å². The normalized spacial score (nSPS) is 10.6. The van der Waals surface area contributed by atoms with Crippen molar-refractivity contribution < 1.29 is 4.79 Å². The molecule has 0 amide bonds. The fourth-order valence-electron chi connectivity index (χ4n) is 1.81. The molecule has 3 heteroatoms. The van der Waals surface area contributed by atoms with Crippen LogP contribution in [0.2, 0.25) is 0 Å². The van der Waals surface area contributed by atoms with Crippen LogP contribution >= 0.6 is 11.3 Å². The molecule has 0 aliphatic heterocycles. The van der Waals surface area contributed by atoms with Crippen molar-refractivity contribution in [2.45, 2.75) is 0 Å². The van der Waals surface area contributed by atoms with Gasteiger partial charge in [-0.1, -0.05) is 18.2 Å². The Bertz CT molecular complexity index is 673. The highest BCUT2D eigenvalue weighted by Gasteiger charge is 2.13. The molecule has 2 aromatic heterocycles. The number of carbonyl (C=O) groups excluding carboxylic acids is 1. The minimum Gasteiger partial charge on any atom is -0.289 e. The van der Waals surface area contributed by atoms with Gasteiger partial charge in [0, 0.05) is 39.0 Å². The number of ketones is 1. The SMILES string of the molecule is O=C(c1ccncc1)c1csc2ccccc12. The second-order valence-electron chi connectivity index (χ2n) is 3.71. The molecule has 3 rings (SSSR count). The summed E-state index contributed by atoms with van der Waals surface area (Å²) in [5, 5.41) is 2.95. The molecule has 2 nitrogen and oxygen atoms in total. The summed E-state index contributed by atoms with van der Waals surface area (Å²) in [6, 6.07) is 11.4. The van der Waals surface area contributed by atoms with E-state index in [9.17, 15) is 4.79 Å². The first-order chi connectivity index (χ1) is 8.36. The van der Waals surface area contributed by atoms with Crippen LogP contribution in [-0.4, -0.2) is 10.8 Å². The van der Waals surface area contributed by atoms with Gasteiger partial charge in [0.15, 0.2) is 5.78 Å². The van der Waals surface area contributed by atoms with Gasteiger partial charge in [0.25, 0.3) is 0 Å². The molecular formula is C14H9NOS. The zero-order valence-electron chi connectivity index (χ0n) is 8.96. The summed E-state index contributed by atoms with van der Waals surface area (Å²) in [7, 11) is 0. The van der Waals surface area contributed by atoms with Crippen LogP contribution in [0.1, 0.15) is 15.9 Å². The van der Waals surface area contributed by atoms with Crippen molar-refractivity contribution in [2.75, 3.05) is 0 Å². The molecule has 82 valence electrons. The molecule has 0 bridgehead atoms. The van der Waals surface area contributed by atoms with Gasteiger partial charge in [0.1, 0.15) is 0 Å². The number of thiophene rings is 1. The summed E-state index contributed by atoms with van der Waals surface area (Å²) in [4.78, 5) is 16.2. The third-order valence-corrected chi connectivity index (χ3v) is 3.63. The van der Waals surface area contributed by atoms with Gasteiger partial charge >= 0.3 is 0 Å². The largest absolute Gasteiger partial charge is 0.289 e. The zero-order valence-corrected chi connectivity index (χ0v) is 9.78. The van der Waals surface area contributed by atoms with Gasteiger partial charge in [0.2, 0.25) is 0 Å². The Morgan fingerprint density at radius 3 is 2.65 bits per heavy atom. The number of hydrogen-bond acceptors (Lipinski definition) is 3. The molecule has 0 saturated heterocycles. The van der Waals surface area contributed by atoms with E-state index in [4.69, 9.17) is 0 Å². The number of aromatic nitrogens is 1. The van der Waals surface area contributed by atoms with Crippen LogP contribution in [0.15, 0.2) is 54.2 Å². The number of hydrogen-bond donors (Lipinski definition) is 0. The molecule has 1 aromatic carbocycles. The van der Waals surface area contributed by atoms with E-state index in [1.165, 1.54) is 0 Å². The fourth-order valence-corrected chi connectivity index (χ4v) is 2.75. The van der Waals surface area contributed by atoms with Crippen molar-refractivity contribution in [2.24, 2.45) is 0 Å². The van der Waals surface area contributed by atoms with Crippen LogP contribution in [0.25, 0.3) is 10.1 Å². The molecule has 0 aliphatic carbocycles. The van der Waals surface area contributed by atoms with E-state index in [-0.39, 0.29) is 5.78 Å². The van der Waals surface area contributed by atoms with Crippen LogP contribution in [0.3, 0.4) is 0 Å². The number of fused-ring (bicyclic) bond motifs is 1. The molecule has 0 aliphatic rings. The predicted octanol–water partition coefficient (Wildman–Crippen LogP) is 3.53. The highest BCUT2D eigenvalue weighted by atomic mass is 32.1. The lowest BCUT2D eigenvalue weighted by Gasteiger charge is -1.98. The number of benzene rings is 1. The van der Waals surface area contributed by atoms with Crippen molar-refractivity contribution in [3.8, 4) is 0 Å². The first-order valence-corrected chi connectivity index (χ1v) is 6.15. The standard InChI is InChI=1S/C14H9NOS/c16-14(10-5-7-15-8-6-10)12-9-17-13-4-2-1-3-11(12)13/h1-9H. The minimum atomic E-state index is 0.0600. The number of carbonyl (C=O) groups is 1. The van der Waals surface area contributed by atoms with Crippen LogP contribution in [0.5, 0.6) is 0 Å². The lowest BCUT2D eigenvalue weighted by molar-refractivity contribution is 0.104. The van der Waals surface area contributed by atoms with Crippen LogP contribution in [-0.2, 0) is 0 Å². The number of rotatable bonds is 2. The summed E-state index contributed by atoms with van der Waals surface area (Å²) in [6.45, 7) is 0. The van der Waals surface area contributed by atoms with Gasteiger partial charge in [-0.3, -0.25) is 9.78 Å². The summed E-state index contributed by atoms with van der Waals surface area (Å²) in [6.07, 6.45) is 3.28. The lowest BCUT2D eigenvalue weighted by atomic mass is 10.0. The number of pyridine rings is 1. The molecule has 0 saturated carbocycles. The van der Waals surface area contributed by atoms with Crippen molar-refractivity contribution in [1.29, 1.82) is 0 Å². The third-order valence-electron chi connectivity index (χ3n) is 2.67. The molecule has 0 radical (unpaired) electrons. The topological polar surface area (TPSA) is 30.0 Å². The monoisotopic (exact) mass is 239 g/mol. The summed E-state index contributed by atoms with van der Waals surface area (Å²) in [5.74, 6) is 0.0600. The van der Waals surface area contributed by atoms with Crippen LogP contribution in [0, 0.1) is 0 Å². The lowest BCUT2D eigenvalue weighted by Crippen LogP contribution is -1.99. The Balaban J connectivity index is 2.14. The van der Waals surface area contributed by atoms with Crippen molar-refractivity contribution >= 4 is 27.2 Å². The van der Waals surface area contributed by atoms with E-state index in [1.54, 1.807) is 35.9 Å². The van der Waals surface area contributed by atoms with Crippen molar-refractivity contribution in [1.82, 2.24) is 4.98 Å². The van der Waals surface area contributed by atoms with Gasteiger partial charge < -0.3 is 0 Å². The molecule has 0 fully saturated rings. The summed E-state index contributed by atoms with van der Waals surface area (Å²) >= 11 is 1.60. The van der Waals surface area contributed by atoms with Crippen LogP contribution < -0.4 is 0 Å². The van der Waals surface area contributed by atoms with Gasteiger partial charge in [-0.25, -0.2) is 0 Å². The summed E-state index contributed by atoms with van der Waals surface area (Å²) in [5.41, 5.74) is 1.46. The smallest absolute Gasteiger partial charge is 0.194 e. The van der Waals surface area contributed by atoms with Crippen LogP contribution in [0.4, 0.5) is 0 Å². The maximum Gasteiger partial charge on any atom is 0.194 e. The Morgan fingerprint density at radius 2 is 1.82 bits per heavy atom. The molecule has 0 spiro atoms. The van der Waals surface area contributed by atoms with Gasteiger partial charge in [-0.05, 0) is 18.2 Å². The van der Waals surface area contributed by atoms with Crippen molar-refractivity contribution in [3.05, 3.63) is 65.3 Å². The second-order valence-corrected chi connectivity index (χ2v) is 4.62. The molecule has 0 atom stereocenters. The van der Waals surface area contributed by atoms with E-state index in [2.05, 4.69) is 4.98 Å². The molecule has 2 heterocycles. The minimum absolute atomic E-state index is 0.0600. The maximum absolute atomic E-state index is 12.3.